The lowest BCUT2D eigenvalue weighted by atomic mass is 10.2. The van der Waals surface area contributed by atoms with Crippen molar-refractivity contribution in [1.82, 2.24) is 0 Å². The average molecular weight is 232 g/mol. The second kappa shape index (κ2) is 5.71. The van der Waals surface area contributed by atoms with Crippen molar-refractivity contribution in [3.8, 4) is 5.75 Å². The van der Waals surface area contributed by atoms with E-state index in [1.54, 1.807) is 11.3 Å². The van der Waals surface area contributed by atoms with Gasteiger partial charge in [-0.2, -0.15) is 11.3 Å². The fraction of sp³-hybridized carbons (Fsp3) is 0.286. The zero-order chi connectivity index (χ0) is 11.2. The summed E-state index contributed by atoms with van der Waals surface area (Å²) in [4.78, 5) is 0. The lowest BCUT2D eigenvalue weighted by Gasteiger charge is -2.06. The van der Waals surface area contributed by atoms with Crippen molar-refractivity contribution in [3.63, 3.8) is 0 Å². The first-order chi connectivity index (χ1) is 7.88. The van der Waals surface area contributed by atoms with Crippen LogP contribution in [0.2, 0.25) is 0 Å². The van der Waals surface area contributed by atoms with Gasteiger partial charge in [0.25, 0.3) is 0 Å². The minimum atomic E-state index is 0.754. The van der Waals surface area contributed by atoms with E-state index in [4.69, 9.17) is 4.74 Å². The third kappa shape index (κ3) is 3.11. The number of ether oxygens (including phenoxy) is 1. The van der Waals surface area contributed by atoms with Crippen molar-refractivity contribution in [2.24, 2.45) is 0 Å². The van der Waals surface area contributed by atoms with Crippen LogP contribution in [0.25, 0.3) is 0 Å². The Balaban J connectivity index is 1.85. The highest BCUT2D eigenvalue weighted by Crippen LogP contribution is 2.14. The smallest absolute Gasteiger partial charge is 0.119 e. The summed E-state index contributed by atoms with van der Waals surface area (Å²) in [6.45, 7) is 2.91. The Morgan fingerprint density at radius 1 is 1.19 bits per heavy atom. The fourth-order valence-electron chi connectivity index (χ4n) is 1.58. The predicted octanol–water partition coefficient (Wildman–Crippen LogP) is 3.93. The quantitative estimate of drug-likeness (QED) is 0.759. The van der Waals surface area contributed by atoms with E-state index in [0.29, 0.717) is 0 Å². The molecule has 0 saturated carbocycles. The van der Waals surface area contributed by atoms with Crippen LogP contribution >= 0.6 is 11.3 Å². The SMILES string of the molecule is CCc1cccc(OCCc2ccsc2)c1. The van der Waals surface area contributed by atoms with Gasteiger partial charge in [0.2, 0.25) is 0 Å². The molecule has 0 aliphatic carbocycles. The Bertz CT molecular complexity index is 420. The Hall–Kier alpha value is -1.28. The van der Waals surface area contributed by atoms with E-state index in [9.17, 15) is 0 Å². The maximum atomic E-state index is 5.73. The second-order valence-electron chi connectivity index (χ2n) is 3.73. The van der Waals surface area contributed by atoms with Gasteiger partial charge in [-0.3, -0.25) is 0 Å². The maximum Gasteiger partial charge on any atom is 0.119 e. The number of hydrogen-bond donors (Lipinski definition) is 0. The molecule has 0 unspecified atom stereocenters. The normalized spacial score (nSPS) is 10.3. The monoisotopic (exact) mass is 232 g/mol. The summed E-state index contributed by atoms with van der Waals surface area (Å²) in [5.74, 6) is 0.981. The average Bonchev–Trinajstić information content (AvgIpc) is 2.82. The summed E-state index contributed by atoms with van der Waals surface area (Å²) < 4.78 is 5.73. The van der Waals surface area contributed by atoms with E-state index < -0.39 is 0 Å². The van der Waals surface area contributed by atoms with E-state index in [1.165, 1.54) is 11.1 Å². The molecule has 84 valence electrons. The molecule has 1 heterocycles. The van der Waals surface area contributed by atoms with Gasteiger partial charge in [0.15, 0.2) is 0 Å². The molecule has 0 atom stereocenters. The highest BCUT2D eigenvalue weighted by Gasteiger charge is 1.97. The molecule has 2 aromatic rings. The number of rotatable bonds is 5. The summed E-state index contributed by atoms with van der Waals surface area (Å²) in [7, 11) is 0. The molecule has 0 fully saturated rings. The van der Waals surface area contributed by atoms with Crippen LogP contribution in [0.5, 0.6) is 5.75 Å². The van der Waals surface area contributed by atoms with Gasteiger partial charge in [0.05, 0.1) is 6.61 Å². The van der Waals surface area contributed by atoms with Crippen LogP contribution in [-0.4, -0.2) is 6.61 Å². The second-order valence-corrected chi connectivity index (χ2v) is 4.51. The van der Waals surface area contributed by atoms with Gasteiger partial charge in [-0.15, -0.1) is 0 Å². The lowest BCUT2D eigenvalue weighted by molar-refractivity contribution is 0.322. The van der Waals surface area contributed by atoms with Crippen LogP contribution in [0.1, 0.15) is 18.1 Å². The summed E-state index contributed by atoms with van der Waals surface area (Å²) >= 11 is 1.74. The minimum Gasteiger partial charge on any atom is -0.493 e. The zero-order valence-corrected chi connectivity index (χ0v) is 10.3. The predicted molar refractivity (Wildman–Crippen MR) is 69.3 cm³/mol. The molecule has 0 bridgehead atoms. The van der Waals surface area contributed by atoms with Crippen LogP contribution in [0.15, 0.2) is 41.1 Å². The van der Waals surface area contributed by atoms with Crippen molar-refractivity contribution in [1.29, 1.82) is 0 Å². The lowest BCUT2D eigenvalue weighted by Crippen LogP contribution is -2.00. The topological polar surface area (TPSA) is 9.23 Å². The molecule has 16 heavy (non-hydrogen) atoms. The summed E-state index contributed by atoms with van der Waals surface area (Å²) in [5.41, 5.74) is 2.68. The molecule has 1 aromatic heterocycles. The van der Waals surface area contributed by atoms with Crippen molar-refractivity contribution in [2.75, 3.05) is 6.61 Å². The molecule has 0 saturated heterocycles. The summed E-state index contributed by atoms with van der Waals surface area (Å²) in [5, 5.41) is 4.28. The zero-order valence-electron chi connectivity index (χ0n) is 9.48. The summed E-state index contributed by atoms with van der Waals surface area (Å²) in [6.07, 6.45) is 2.04. The van der Waals surface area contributed by atoms with Gasteiger partial charge < -0.3 is 4.74 Å². The Morgan fingerprint density at radius 3 is 2.88 bits per heavy atom. The number of thiophene rings is 1. The highest BCUT2D eigenvalue weighted by molar-refractivity contribution is 7.07. The Labute approximate surface area is 101 Å². The molecule has 0 amide bonds. The van der Waals surface area contributed by atoms with E-state index in [1.807, 2.05) is 6.07 Å². The van der Waals surface area contributed by atoms with Crippen molar-refractivity contribution < 1.29 is 4.74 Å². The van der Waals surface area contributed by atoms with E-state index in [-0.39, 0.29) is 0 Å². The molecule has 2 heteroatoms. The summed E-state index contributed by atoms with van der Waals surface area (Å²) in [6, 6.07) is 10.5. The Kier molecular flexibility index (Phi) is 4.00. The molecule has 0 aliphatic rings. The Morgan fingerprint density at radius 2 is 2.12 bits per heavy atom. The maximum absolute atomic E-state index is 5.73. The van der Waals surface area contributed by atoms with Crippen LogP contribution in [0.3, 0.4) is 0 Å². The van der Waals surface area contributed by atoms with E-state index in [0.717, 1.165) is 25.2 Å². The third-order valence-electron chi connectivity index (χ3n) is 2.55. The van der Waals surface area contributed by atoms with Gasteiger partial charge in [0, 0.05) is 6.42 Å². The van der Waals surface area contributed by atoms with Crippen LogP contribution in [0, 0.1) is 0 Å². The fourth-order valence-corrected chi connectivity index (χ4v) is 2.28. The molecule has 0 aliphatic heterocycles. The largest absolute Gasteiger partial charge is 0.493 e. The molecule has 2 rings (SSSR count). The standard InChI is InChI=1S/C14H16OS/c1-2-12-4-3-5-14(10-12)15-8-6-13-7-9-16-11-13/h3-5,7,9-11H,2,6,8H2,1H3. The first-order valence-corrected chi connectivity index (χ1v) is 6.55. The van der Waals surface area contributed by atoms with Gasteiger partial charge in [0.1, 0.15) is 5.75 Å². The van der Waals surface area contributed by atoms with Crippen molar-refractivity contribution in [2.45, 2.75) is 19.8 Å². The van der Waals surface area contributed by atoms with Gasteiger partial charge in [-0.25, -0.2) is 0 Å². The molecule has 1 nitrogen and oxygen atoms in total. The molecule has 0 N–H and O–H groups in total. The first-order valence-electron chi connectivity index (χ1n) is 5.61. The molecular formula is C14H16OS. The number of hydrogen-bond acceptors (Lipinski definition) is 2. The van der Waals surface area contributed by atoms with Crippen LogP contribution in [0.4, 0.5) is 0 Å². The molecule has 0 radical (unpaired) electrons. The van der Waals surface area contributed by atoms with Crippen molar-refractivity contribution in [3.05, 3.63) is 52.2 Å². The minimum absolute atomic E-state index is 0.754. The van der Waals surface area contributed by atoms with Crippen LogP contribution in [-0.2, 0) is 12.8 Å². The molecular weight excluding hydrogens is 216 g/mol. The highest BCUT2D eigenvalue weighted by atomic mass is 32.1. The third-order valence-corrected chi connectivity index (χ3v) is 3.28. The number of aryl methyl sites for hydroxylation is 1. The first kappa shape index (κ1) is 11.2. The molecule has 0 spiro atoms. The van der Waals surface area contributed by atoms with Gasteiger partial charge >= 0.3 is 0 Å². The van der Waals surface area contributed by atoms with Gasteiger partial charge in [-0.05, 0) is 46.5 Å². The van der Waals surface area contributed by atoms with E-state index in [2.05, 4.69) is 41.9 Å². The van der Waals surface area contributed by atoms with Crippen molar-refractivity contribution >= 4 is 11.3 Å². The van der Waals surface area contributed by atoms with E-state index >= 15 is 0 Å². The number of benzene rings is 1. The van der Waals surface area contributed by atoms with Crippen LogP contribution < -0.4 is 4.74 Å². The molecule has 1 aromatic carbocycles. The van der Waals surface area contributed by atoms with Gasteiger partial charge in [-0.1, -0.05) is 19.1 Å².